The molecule has 0 atom stereocenters. The van der Waals surface area contributed by atoms with Crippen molar-refractivity contribution in [3.8, 4) is 22.3 Å². The SMILES string of the molecule is COc1ccc(-c2cc3c(Nc4ccc5[nH]ccc5c4)c(C#N)cnc3s2)cc1CN(C)C. The van der Waals surface area contributed by atoms with Crippen LogP contribution in [0.2, 0.25) is 0 Å². The number of benzene rings is 2. The number of nitrogens with one attached hydrogen (secondary N) is 2. The fourth-order valence-corrected chi connectivity index (χ4v) is 5.03. The predicted octanol–water partition coefficient (Wildman–Crippen LogP) is 6.13. The van der Waals surface area contributed by atoms with Gasteiger partial charge in [-0.25, -0.2) is 4.98 Å². The Morgan fingerprint density at radius 2 is 2.03 bits per heavy atom. The minimum Gasteiger partial charge on any atom is -0.496 e. The van der Waals surface area contributed by atoms with Crippen molar-refractivity contribution in [1.82, 2.24) is 14.9 Å². The molecule has 164 valence electrons. The standard InChI is InChI=1S/C26H23N5OS/c1-31(2)15-18-10-17(4-7-23(18)32-3)24-12-21-25(19(13-27)14-29-26(21)33-24)30-20-5-6-22-16(11-20)8-9-28-22/h4-12,14,28H,15H2,1-3H3,(H,29,30). The molecule has 0 amide bonds. The molecule has 0 saturated heterocycles. The van der Waals surface area contributed by atoms with Crippen molar-refractivity contribution in [2.75, 3.05) is 26.5 Å². The van der Waals surface area contributed by atoms with E-state index in [1.165, 1.54) is 0 Å². The van der Waals surface area contributed by atoms with Crippen LogP contribution in [0.4, 0.5) is 11.4 Å². The number of hydrogen-bond donors (Lipinski definition) is 2. The van der Waals surface area contributed by atoms with Crippen LogP contribution in [-0.2, 0) is 6.54 Å². The zero-order valence-corrected chi connectivity index (χ0v) is 19.5. The van der Waals surface area contributed by atoms with Gasteiger partial charge >= 0.3 is 0 Å². The van der Waals surface area contributed by atoms with Gasteiger partial charge in [0.05, 0.1) is 18.4 Å². The van der Waals surface area contributed by atoms with Gasteiger partial charge < -0.3 is 19.9 Å². The number of aromatic amines is 1. The van der Waals surface area contributed by atoms with Crippen molar-refractivity contribution in [2.45, 2.75) is 6.54 Å². The van der Waals surface area contributed by atoms with Crippen molar-refractivity contribution in [1.29, 1.82) is 5.26 Å². The smallest absolute Gasteiger partial charge is 0.126 e. The Hall–Kier alpha value is -3.86. The summed E-state index contributed by atoms with van der Waals surface area (Å²) in [4.78, 5) is 11.9. The van der Waals surface area contributed by atoms with Crippen molar-refractivity contribution >= 4 is 43.8 Å². The molecular formula is C26H23N5OS. The highest BCUT2D eigenvalue weighted by Gasteiger charge is 2.15. The first-order valence-electron chi connectivity index (χ1n) is 10.5. The van der Waals surface area contributed by atoms with E-state index < -0.39 is 0 Å². The van der Waals surface area contributed by atoms with Crippen LogP contribution in [-0.4, -0.2) is 36.1 Å². The van der Waals surface area contributed by atoms with Crippen LogP contribution in [0.5, 0.6) is 5.75 Å². The zero-order valence-electron chi connectivity index (χ0n) is 18.6. The Morgan fingerprint density at radius 3 is 2.82 bits per heavy atom. The minimum absolute atomic E-state index is 0.518. The van der Waals surface area contributed by atoms with E-state index in [4.69, 9.17) is 4.74 Å². The lowest BCUT2D eigenvalue weighted by atomic mass is 10.1. The van der Waals surface area contributed by atoms with Crippen LogP contribution < -0.4 is 10.1 Å². The Morgan fingerprint density at radius 1 is 1.15 bits per heavy atom. The van der Waals surface area contributed by atoms with Gasteiger partial charge in [0.1, 0.15) is 16.6 Å². The van der Waals surface area contributed by atoms with Crippen LogP contribution in [0.1, 0.15) is 11.1 Å². The Bertz CT molecular complexity index is 1510. The van der Waals surface area contributed by atoms with Crippen LogP contribution in [0, 0.1) is 11.3 Å². The lowest BCUT2D eigenvalue weighted by molar-refractivity contribution is 0.372. The number of fused-ring (bicyclic) bond motifs is 2. The number of hydrogen-bond acceptors (Lipinski definition) is 6. The predicted molar refractivity (Wildman–Crippen MR) is 135 cm³/mol. The molecular weight excluding hydrogens is 430 g/mol. The van der Waals surface area contributed by atoms with Crippen molar-refractivity contribution in [3.63, 3.8) is 0 Å². The third-order valence-corrected chi connectivity index (χ3v) is 6.65. The van der Waals surface area contributed by atoms with E-state index in [2.05, 4.69) is 50.5 Å². The number of ether oxygens (including phenoxy) is 1. The molecule has 0 aliphatic carbocycles. The molecule has 0 radical (unpaired) electrons. The highest BCUT2D eigenvalue weighted by molar-refractivity contribution is 7.22. The number of aromatic nitrogens is 2. The maximum Gasteiger partial charge on any atom is 0.126 e. The van der Waals surface area contributed by atoms with E-state index in [9.17, 15) is 5.26 Å². The molecule has 5 rings (SSSR count). The molecule has 33 heavy (non-hydrogen) atoms. The van der Waals surface area contributed by atoms with E-state index in [0.29, 0.717) is 5.56 Å². The molecule has 3 aromatic heterocycles. The molecule has 0 fully saturated rings. The summed E-state index contributed by atoms with van der Waals surface area (Å²) in [6, 6.07) is 18.8. The quantitative estimate of drug-likeness (QED) is 0.323. The number of H-pyrrole nitrogens is 1. The molecule has 0 saturated carbocycles. The van der Waals surface area contributed by atoms with Crippen LogP contribution in [0.3, 0.4) is 0 Å². The van der Waals surface area contributed by atoms with E-state index in [1.807, 2.05) is 44.6 Å². The molecule has 5 aromatic rings. The van der Waals surface area contributed by atoms with Gasteiger partial charge in [0.25, 0.3) is 0 Å². The maximum atomic E-state index is 9.75. The number of nitriles is 1. The molecule has 0 bridgehead atoms. The highest BCUT2D eigenvalue weighted by Crippen LogP contribution is 2.39. The summed E-state index contributed by atoms with van der Waals surface area (Å²) >= 11 is 1.62. The monoisotopic (exact) mass is 453 g/mol. The normalized spacial score (nSPS) is 11.2. The lowest BCUT2D eigenvalue weighted by Gasteiger charge is -2.14. The molecule has 6 nitrogen and oxygen atoms in total. The molecule has 0 aliphatic heterocycles. The number of thiophene rings is 1. The van der Waals surface area contributed by atoms with Crippen molar-refractivity contribution < 1.29 is 4.74 Å². The summed E-state index contributed by atoms with van der Waals surface area (Å²) in [6.45, 7) is 0.785. The van der Waals surface area contributed by atoms with Gasteiger partial charge in [-0.3, -0.25) is 0 Å². The molecule has 0 spiro atoms. The first-order valence-corrected chi connectivity index (χ1v) is 11.4. The first kappa shape index (κ1) is 21.0. The number of pyridine rings is 1. The van der Waals surface area contributed by atoms with Gasteiger partial charge in [-0.1, -0.05) is 0 Å². The van der Waals surface area contributed by atoms with Crippen LogP contribution in [0.25, 0.3) is 31.6 Å². The van der Waals surface area contributed by atoms with Gasteiger partial charge in [-0.15, -0.1) is 11.3 Å². The third-order valence-electron chi connectivity index (χ3n) is 5.56. The second-order valence-corrected chi connectivity index (χ2v) is 9.19. The molecule has 0 aliphatic rings. The Balaban J connectivity index is 1.59. The van der Waals surface area contributed by atoms with Gasteiger partial charge in [-0.2, -0.15) is 5.26 Å². The van der Waals surface area contributed by atoms with Gasteiger partial charge in [0, 0.05) is 51.4 Å². The minimum atomic E-state index is 0.518. The average molecular weight is 454 g/mol. The fraction of sp³-hybridized carbons (Fsp3) is 0.154. The zero-order chi connectivity index (χ0) is 22.9. The summed E-state index contributed by atoms with van der Waals surface area (Å²) < 4.78 is 5.55. The molecule has 0 unspecified atom stereocenters. The van der Waals surface area contributed by atoms with E-state index in [0.717, 1.165) is 60.8 Å². The maximum absolute atomic E-state index is 9.75. The molecule has 2 aromatic carbocycles. The summed E-state index contributed by atoms with van der Waals surface area (Å²) in [5.41, 5.74) is 5.53. The summed E-state index contributed by atoms with van der Waals surface area (Å²) in [5.74, 6) is 0.876. The number of nitrogens with zero attached hydrogens (tertiary/aromatic N) is 3. The number of rotatable bonds is 6. The van der Waals surface area contributed by atoms with Crippen LogP contribution >= 0.6 is 11.3 Å². The lowest BCUT2D eigenvalue weighted by Crippen LogP contribution is -2.11. The van der Waals surface area contributed by atoms with E-state index >= 15 is 0 Å². The highest BCUT2D eigenvalue weighted by atomic mass is 32.1. The largest absolute Gasteiger partial charge is 0.496 e. The van der Waals surface area contributed by atoms with Gasteiger partial charge in [-0.05, 0) is 68.2 Å². The second-order valence-electron chi connectivity index (χ2n) is 8.16. The fourth-order valence-electron chi connectivity index (χ4n) is 4.02. The van der Waals surface area contributed by atoms with Crippen molar-refractivity contribution in [3.05, 3.63) is 72.1 Å². The Kier molecular flexibility index (Phi) is 5.47. The summed E-state index contributed by atoms with van der Waals surface area (Å²) in [6.07, 6.45) is 3.57. The second kappa shape index (κ2) is 8.58. The molecule has 3 heterocycles. The first-order chi connectivity index (χ1) is 16.1. The van der Waals surface area contributed by atoms with Gasteiger partial charge in [0.2, 0.25) is 0 Å². The number of anilines is 2. The van der Waals surface area contributed by atoms with Crippen molar-refractivity contribution in [2.24, 2.45) is 0 Å². The van der Waals surface area contributed by atoms with Crippen LogP contribution in [0.15, 0.2) is 60.9 Å². The van der Waals surface area contributed by atoms with E-state index in [-0.39, 0.29) is 0 Å². The van der Waals surface area contributed by atoms with Gasteiger partial charge in [0.15, 0.2) is 0 Å². The van der Waals surface area contributed by atoms with E-state index in [1.54, 1.807) is 24.6 Å². The summed E-state index contributed by atoms with van der Waals surface area (Å²) in [5, 5.41) is 15.3. The topological polar surface area (TPSA) is 77.0 Å². The molecule has 7 heteroatoms. The Labute approximate surface area is 196 Å². The third kappa shape index (κ3) is 4.02. The molecule has 2 N–H and O–H groups in total. The number of methoxy groups -OCH3 is 1. The average Bonchev–Trinajstić information content (AvgIpc) is 3.45. The summed E-state index contributed by atoms with van der Waals surface area (Å²) in [7, 11) is 5.78.